The Labute approximate surface area is 123 Å². The molecule has 1 amide bonds. The Balaban J connectivity index is 2.04. The van der Waals surface area contributed by atoms with Crippen molar-refractivity contribution >= 4 is 26.8 Å². The standard InChI is InChI=1S/C13H18N4O3S/c1-13(2,17-21(3,19)20)8-14-12(18)9-4-5-10-7-15-16-11(10)6-9/h4-7,17H,8H2,1-3H3,(H,14,18)(H,15,16). The van der Waals surface area contributed by atoms with Crippen LogP contribution in [0, 0.1) is 0 Å². The number of carbonyl (C=O) groups excluding carboxylic acids is 1. The molecule has 1 aromatic carbocycles. The highest BCUT2D eigenvalue weighted by molar-refractivity contribution is 7.88. The van der Waals surface area contributed by atoms with E-state index in [1.165, 1.54) is 0 Å². The van der Waals surface area contributed by atoms with E-state index in [1.54, 1.807) is 38.2 Å². The fraction of sp³-hybridized carbons (Fsp3) is 0.385. The molecule has 0 fully saturated rings. The fourth-order valence-electron chi connectivity index (χ4n) is 2.02. The monoisotopic (exact) mass is 310 g/mol. The minimum absolute atomic E-state index is 0.180. The maximum Gasteiger partial charge on any atom is 0.251 e. The molecular weight excluding hydrogens is 292 g/mol. The van der Waals surface area contributed by atoms with E-state index >= 15 is 0 Å². The van der Waals surface area contributed by atoms with E-state index < -0.39 is 15.6 Å². The average molecular weight is 310 g/mol. The van der Waals surface area contributed by atoms with E-state index in [9.17, 15) is 13.2 Å². The lowest BCUT2D eigenvalue weighted by molar-refractivity contribution is 0.0944. The van der Waals surface area contributed by atoms with E-state index in [2.05, 4.69) is 20.2 Å². The Kier molecular flexibility index (Phi) is 4.02. The molecule has 0 bridgehead atoms. The number of hydrogen-bond acceptors (Lipinski definition) is 4. The summed E-state index contributed by atoms with van der Waals surface area (Å²) in [7, 11) is -3.33. The van der Waals surface area contributed by atoms with Gasteiger partial charge >= 0.3 is 0 Å². The molecule has 0 unspecified atom stereocenters. The van der Waals surface area contributed by atoms with E-state index in [-0.39, 0.29) is 12.5 Å². The molecule has 114 valence electrons. The number of aromatic amines is 1. The summed E-state index contributed by atoms with van der Waals surface area (Å²) < 4.78 is 25.0. The number of aromatic nitrogens is 2. The summed E-state index contributed by atoms with van der Waals surface area (Å²) in [5, 5.41) is 10.3. The van der Waals surface area contributed by atoms with Gasteiger partial charge in [0.25, 0.3) is 5.91 Å². The molecule has 1 aromatic heterocycles. The Morgan fingerprint density at radius 1 is 1.38 bits per heavy atom. The van der Waals surface area contributed by atoms with Crippen molar-refractivity contribution in [3.8, 4) is 0 Å². The summed E-state index contributed by atoms with van der Waals surface area (Å²) >= 11 is 0. The molecule has 0 aliphatic rings. The van der Waals surface area contributed by atoms with E-state index in [0.717, 1.165) is 17.2 Å². The van der Waals surface area contributed by atoms with E-state index in [1.807, 2.05) is 0 Å². The van der Waals surface area contributed by atoms with Crippen LogP contribution in [0.25, 0.3) is 10.9 Å². The number of benzene rings is 1. The van der Waals surface area contributed by atoms with Gasteiger partial charge in [0.1, 0.15) is 0 Å². The zero-order valence-corrected chi connectivity index (χ0v) is 12.9. The van der Waals surface area contributed by atoms with Crippen molar-refractivity contribution in [3.63, 3.8) is 0 Å². The maximum absolute atomic E-state index is 12.1. The van der Waals surface area contributed by atoms with Crippen LogP contribution in [-0.2, 0) is 10.0 Å². The van der Waals surface area contributed by atoms with Crippen LogP contribution in [-0.4, -0.2) is 42.9 Å². The molecule has 0 saturated carbocycles. The summed E-state index contributed by atoms with van der Waals surface area (Å²) in [6.07, 6.45) is 2.76. The molecule has 2 rings (SSSR count). The lowest BCUT2D eigenvalue weighted by Gasteiger charge is -2.25. The first-order valence-electron chi connectivity index (χ1n) is 6.37. The van der Waals surface area contributed by atoms with E-state index in [4.69, 9.17) is 0 Å². The van der Waals surface area contributed by atoms with Crippen molar-refractivity contribution < 1.29 is 13.2 Å². The Morgan fingerprint density at radius 2 is 2.10 bits per heavy atom. The zero-order chi connectivity index (χ0) is 15.7. The lowest BCUT2D eigenvalue weighted by atomic mass is 10.1. The van der Waals surface area contributed by atoms with Crippen molar-refractivity contribution in [1.29, 1.82) is 0 Å². The number of nitrogens with one attached hydrogen (secondary N) is 3. The number of fused-ring (bicyclic) bond motifs is 1. The third-order valence-electron chi connectivity index (χ3n) is 2.86. The first-order valence-corrected chi connectivity index (χ1v) is 8.26. The molecule has 0 spiro atoms. The second-order valence-corrected chi connectivity index (χ2v) is 7.36. The Bertz CT molecular complexity index is 765. The Morgan fingerprint density at radius 3 is 2.76 bits per heavy atom. The van der Waals surface area contributed by atoms with Crippen molar-refractivity contribution in [2.45, 2.75) is 19.4 Å². The van der Waals surface area contributed by atoms with Crippen LogP contribution in [0.15, 0.2) is 24.4 Å². The topological polar surface area (TPSA) is 104 Å². The van der Waals surface area contributed by atoms with Gasteiger partial charge in [0.2, 0.25) is 10.0 Å². The van der Waals surface area contributed by atoms with Gasteiger partial charge in [0, 0.05) is 23.0 Å². The number of rotatable bonds is 5. The van der Waals surface area contributed by atoms with Gasteiger partial charge in [-0.25, -0.2) is 13.1 Å². The van der Waals surface area contributed by atoms with Crippen LogP contribution in [0.1, 0.15) is 24.2 Å². The summed E-state index contributed by atoms with van der Waals surface area (Å²) in [5.74, 6) is -0.269. The highest BCUT2D eigenvalue weighted by Crippen LogP contribution is 2.13. The summed E-state index contributed by atoms with van der Waals surface area (Å²) in [4.78, 5) is 12.1. The number of sulfonamides is 1. The zero-order valence-electron chi connectivity index (χ0n) is 12.1. The van der Waals surface area contributed by atoms with Gasteiger partial charge in [-0.2, -0.15) is 5.10 Å². The maximum atomic E-state index is 12.1. The normalized spacial score (nSPS) is 12.5. The lowest BCUT2D eigenvalue weighted by Crippen LogP contribution is -2.51. The predicted octanol–water partition coefficient (Wildman–Crippen LogP) is 0.621. The number of H-pyrrole nitrogens is 1. The molecule has 21 heavy (non-hydrogen) atoms. The first kappa shape index (κ1) is 15.5. The SMILES string of the molecule is CC(C)(CNC(=O)c1ccc2cn[nH]c2c1)NS(C)(=O)=O. The first-order chi connectivity index (χ1) is 9.66. The number of carbonyl (C=O) groups is 1. The molecule has 2 aromatic rings. The number of amides is 1. The third kappa shape index (κ3) is 4.27. The van der Waals surface area contributed by atoms with E-state index in [0.29, 0.717) is 5.56 Å². The molecule has 0 aliphatic carbocycles. The molecule has 0 atom stereocenters. The second kappa shape index (κ2) is 5.45. The van der Waals surface area contributed by atoms with Crippen LogP contribution < -0.4 is 10.0 Å². The highest BCUT2D eigenvalue weighted by Gasteiger charge is 2.23. The third-order valence-corrected chi connectivity index (χ3v) is 3.78. The van der Waals surface area contributed by atoms with Crippen molar-refractivity contribution in [1.82, 2.24) is 20.2 Å². The van der Waals surface area contributed by atoms with Crippen LogP contribution in [0.3, 0.4) is 0 Å². The van der Waals surface area contributed by atoms with Gasteiger partial charge < -0.3 is 5.32 Å². The minimum atomic E-state index is -3.33. The minimum Gasteiger partial charge on any atom is -0.350 e. The van der Waals surface area contributed by atoms with Gasteiger partial charge in [-0.1, -0.05) is 6.07 Å². The smallest absolute Gasteiger partial charge is 0.251 e. The summed E-state index contributed by atoms with van der Waals surface area (Å²) in [6, 6.07) is 5.20. The van der Waals surface area contributed by atoms with Crippen LogP contribution >= 0.6 is 0 Å². The van der Waals surface area contributed by atoms with Gasteiger partial charge in [-0.3, -0.25) is 9.89 Å². The van der Waals surface area contributed by atoms with Crippen LogP contribution in [0.5, 0.6) is 0 Å². The Hall–Kier alpha value is -1.93. The molecule has 1 heterocycles. The van der Waals surface area contributed by atoms with Gasteiger partial charge in [0.05, 0.1) is 18.0 Å². The molecular formula is C13H18N4O3S. The predicted molar refractivity (Wildman–Crippen MR) is 80.5 cm³/mol. The summed E-state index contributed by atoms with van der Waals surface area (Å²) in [6.45, 7) is 3.58. The number of hydrogen-bond donors (Lipinski definition) is 3. The molecule has 3 N–H and O–H groups in total. The number of nitrogens with zero attached hydrogens (tertiary/aromatic N) is 1. The van der Waals surface area contributed by atoms with Gasteiger partial charge in [-0.15, -0.1) is 0 Å². The van der Waals surface area contributed by atoms with Gasteiger partial charge in [0.15, 0.2) is 0 Å². The van der Waals surface area contributed by atoms with Crippen molar-refractivity contribution in [2.24, 2.45) is 0 Å². The highest BCUT2D eigenvalue weighted by atomic mass is 32.2. The largest absolute Gasteiger partial charge is 0.350 e. The fourth-order valence-corrected chi connectivity index (χ4v) is 3.10. The van der Waals surface area contributed by atoms with Gasteiger partial charge in [-0.05, 0) is 26.0 Å². The second-order valence-electron chi connectivity index (χ2n) is 5.61. The van der Waals surface area contributed by atoms with Crippen molar-refractivity contribution in [3.05, 3.63) is 30.0 Å². The molecule has 0 saturated heterocycles. The van der Waals surface area contributed by atoms with Crippen LogP contribution in [0.2, 0.25) is 0 Å². The molecule has 7 nitrogen and oxygen atoms in total. The molecule has 0 radical (unpaired) electrons. The average Bonchev–Trinajstić information content (AvgIpc) is 2.80. The molecule has 8 heteroatoms. The molecule has 0 aliphatic heterocycles. The van der Waals surface area contributed by atoms with Crippen LogP contribution in [0.4, 0.5) is 0 Å². The summed E-state index contributed by atoms with van der Waals surface area (Å²) in [5.41, 5.74) is 0.500. The van der Waals surface area contributed by atoms with Crippen molar-refractivity contribution in [2.75, 3.05) is 12.8 Å². The quantitative estimate of drug-likeness (QED) is 0.753.